The molecule has 0 aliphatic heterocycles. The number of aliphatic hydroxyl groups is 1. The Hall–Kier alpha value is -1.06. The summed E-state index contributed by atoms with van der Waals surface area (Å²) >= 11 is 0. The second kappa shape index (κ2) is 6.92. The Morgan fingerprint density at radius 1 is 1.21 bits per heavy atom. The summed E-state index contributed by atoms with van der Waals surface area (Å²) in [7, 11) is 2.00. The monoisotopic (exact) mass is 264 g/mol. The van der Waals surface area contributed by atoms with Gasteiger partial charge in [-0.25, -0.2) is 0 Å². The van der Waals surface area contributed by atoms with Gasteiger partial charge in [0.25, 0.3) is 0 Å². The zero-order chi connectivity index (χ0) is 14.5. The maximum absolute atomic E-state index is 9.82. The van der Waals surface area contributed by atoms with Crippen LogP contribution < -0.4 is 10.2 Å². The minimum absolute atomic E-state index is 0.623. The minimum atomic E-state index is -0.674. The van der Waals surface area contributed by atoms with Crippen LogP contribution in [-0.4, -0.2) is 30.8 Å². The second-order valence-corrected chi connectivity index (χ2v) is 6.36. The van der Waals surface area contributed by atoms with E-state index in [4.69, 9.17) is 0 Å². The number of likely N-dealkylation sites (N-methyl/N-ethyl adjacent to an activating group) is 1. The highest BCUT2D eigenvalue weighted by atomic mass is 16.3. The molecule has 108 valence electrons. The van der Waals surface area contributed by atoms with E-state index in [0.29, 0.717) is 12.5 Å². The van der Waals surface area contributed by atoms with Crippen molar-refractivity contribution >= 4 is 5.69 Å². The Kier molecular flexibility index (Phi) is 5.83. The van der Waals surface area contributed by atoms with Crippen LogP contribution in [0.5, 0.6) is 0 Å². The van der Waals surface area contributed by atoms with Crippen molar-refractivity contribution in [2.75, 3.05) is 25.0 Å². The number of hydrogen-bond acceptors (Lipinski definition) is 3. The molecule has 0 saturated carbocycles. The largest absolute Gasteiger partial charge is 0.389 e. The molecule has 0 heterocycles. The number of benzene rings is 1. The lowest BCUT2D eigenvalue weighted by molar-refractivity contribution is 0.0886. The van der Waals surface area contributed by atoms with E-state index in [9.17, 15) is 5.11 Å². The quantitative estimate of drug-likeness (QED) is 0.795. The lowest BCUT2D eigenvalue weighted by atomic mass is 10.1. The summed E-state index contributed by atoms with van der Waals surface area (Å²) in [6.45, 7) is 10.6. The highest BCUT2D eigenvalue weighted by Crippen LogP contribution is 2.16. The summed E-state index contributed by atoms with van der Waals surface area (Å²) in [5, 5.41) is 13.3. The molecule has 1 aromatic rings. The van der Waals surface area contributed by atoms with Gasteiger partial charge in [-0.3, -0.25) is 0 Å². The van der Waals surface area contributed by atoms with Crippen LogP contribution in [0, 0.1) is 5.92 Å². The fraction of sp³-hybridized carbons (Fsp3) is 0.625. The van der Waals surface area contributed by atoms with Crippen LogP contribution in [0.4, 0.5) is 5.69 Å². The van der Waals surface area contributed by atoms with Crippen LogP contribution in [0.2, 0.25) is 0 Å². The second-order valence-electron chi connectivity index (χ2n) is 6.36. The van der Waals surface area contributed by atoms with Crippen molar-refractivity contribution in [2.24, 2.45) is 5.92 Å². The molecular formula is C16H28N2O. The van der Waals surface area contributed by atoms with E-state index in [-0.39, 0.29) is 0 Å². The van der Waals surface area contributed by atoms with Gasteiger partial charge in [0.15, 0.2) is 0 Å². The normalized spacial score (nSPS) is 11.9. The van der Waals surface area contributed by atoms with Crippen molar-refractivity contribution in [3.8, 4) is 0 Å². The van der Waals surface area contributed by atoms with E-state index in [1.165, 1.54) is 5.56 Å². The van der Waals surface area contributed by atoms with Gasteiger partial charge in [0.1, 0.15) is 0 Å². The highest BCUT2D eigenvalue weighted by molar-refractivity contribution is 5.47. The molecule has 19 heavy (non-hydrogen) atoms. The first-order valence-corrected chi connectivity index (χ1v) is 7.01. The molecule has 0 spiro atoms. The fourth-order valence-electron chi connectivity index (χ4n) is 2.05. The summed E-state index contributed by atoms with van der Waals surface area (Å²) in [6, 6.07) is 8.50. The van der Waals surface area contributed by atoms with Crippen LogP contribution in [0.3, 0.4) is 0 Å². The van der Waals surface area contributed by atoms with Crippen molar-refractivity contribution in [1.82, 2.24) is 5.32 Å². The van der Waals surface area contributed by atoms with Gasteiger partial charge >= 0.3 is 0 Å². The average molecular weight is 264 g/mol. The van der Waals surface area contributed by atoms with Crippen LogP contribution in [0.15, 0.2) is 24.3 Å². The Morgan fingerprint density at radius 3 is 2.26 bits per heavy atom. The Bertz CT molecular complexity index is 365. The molecular weight excluding hydrogens is 236 g/mol. The van der Waals surface area contributed by atoms with Crippen LogP contribution >= 0.6 is 0 Å². The van der Waals surface area contributed by atoms with Crippen molar-refractivity contribution < 1.29 is 5.11 Å². The van der Waals surface area contributed by atoms with E-state index in [2.05, 4.69) is 48.3 Å². The smallest absolute Gasteiger partial charge is 0.0765 e. The molecule has 1 rings (SSSR count). The van der Waals surface area contributed by atoms with Gasteiger partial charge < -0.3 is 15.3 Å². The van der Waals surface area contributed by atoms with Crippen LogP contribution in [0.25, 0.3) is 0 Å². The molecule has 2 N–H and O–H groups in total. The summed E-state index contributed by atoms with van der Waals surface area (Å²) in [6.07, 6.45) is 0. The van der Waals surface area contributed by atoms with E-state index < -0.39 is 5.60 Å². The van der Waals surface area contributed by atoms with Crippen molar-refractivity contribution in [2.45, 2.75) is 39.8 Å². The molecule has 3 heteroatoms. The zero-order valence-corrected chi connectivity index (χ0v) is 12.9. The first-order valence-electron chi connectivity index (χ1n) is 7.01. The van der Waals surface area contributed by atoms with Crippen LogP contribution in [0.1, 0.15) is 33.3 Å². The van der Waals surface area contributed by atoms with E-state index >= 15 is 0 Å². The molecule has 1 aromatic carbocycles. The number of rotatable bonds is 7. The van der Waals surface area contributed by atoms with Gasteiger partial charge in [-0.1, -0.05) is 26.0 Å². The Morgan fingerprint density at radius 2 is 1.79 bits per heavy atom. The molecule has 0 bridgehead atoms. The van der Waals surface area contributed by atoms with Crippen LogP contribution in [-0.2, 0) is 6.54 Å². The summed E-state index contributed by atoms with van der Waals surface area (Å²) in [5.41, 5.74) is 1.75. The predicted molar refractivity (Wildman–Crippen MR) is 82.6 cm³/mol. The maximum atomic E-state index is 9.82. The summed E-state index contributed by atoms with van der Waals surface area (Å²) in [5.74, 6) is 0.678. The highest BCUT2D eigenvalue weighted by Gasteiger charge is 2.15. The van der Waals surface area contributed by atoms with Crippen molar-refractivity contribution in [1.29, 1.82) is 0 Å². The molecule has 0 aliphatic rings. The van der Waals surface area contributed by atoms with E-state index in [1.54, 1.807) is 0 Å². The lowest BCUT2D eigenvalue weighted by Crippen LogP contribution is -2.36. The summed E-state index contributed by atoms with van der Waals surface area (Å²) < 4.78 is 0. The number of nitrogens with zero attached hydrogens (tertiary/aromatic N) is 1. The summed E-state index contributed by atoms with van der Waals surface area (Å²) in [4.78, 5) is 2.07. The van der Waals surface area contributed by atoms with Crippen molar-refractivity contribution in [3.05, 3.63) is 29.8 Å². The lowest BCUT2D eigenvalue weighted by Gasteiger charge is -2.27. The maximum Gasteiger partial charge on any atom is 0.0765 e. The Balaban J connectivity index is 2.51. The molecule has 0 aliphatic carbocycles. The SMILES string of the molecule is CC(C)CNCc1ccc(N(C)CC(C)(C)O)cc1. The van der Waals surface area contributed by atoms with Gasteiger partial charge in [0.2, 0.25) is 0 Å². The van der Waals surface area contributed by atoms with Gasteiger partial charge in [-0.2, -0.15) is 0 Å². The first kappa shape index (κ1) is 16.0. The third kappa shape index (κ3) is 6.60. The third-order valence-electron chi connectivity index (χ3n) is 2.88. The first-order chi connectivity index (χ1) is 8.78. The number of anilines is 1. The molecule has 0 atom stereocenters. The topological polar surface area (TPSA) is 35.5 Å². The standard InChI is InChI=1S/C16H28N2O/c1-13(2)10-17-11-14-6-8-15(9-7-14)18(5)12-16(3,4)19/h6-9,13,17,19H,10-12H2,1-5H3. The minimum Gasteiger partial charge on any atom is -0.389 e. The van der Waals surface area contributed by atoms with Gasteiger partial charge in [0.05, 0.1) is 5.60 Å². The number of nitrogens with one attached hydrogen (secondary N) is 1. The number of hydrogen-bond donors (Lipinski definition) is 2. The fourth-order valence-corrected chi connectivity index (χ4v) is 2.05. The van der Waals surface area contributed by atoms with E-state index in [0.717, 1.165) is 18.8 Å². The Labute approximate surface area is 117 Å². The molecule has 0 radical (unpaired) electrons. The molecule has 0 amide bonds. The molecule has 0 saturated heterocycles. The molecule has 0 unspecified atom stereocenters. The third-order valence-corrected chi connectivity index (χ3v) is 2.88. The van der Waals surface area contributed by atoms with Gasteiger partial charge in [0, 0.05) is 25.8 Å². The average Bonchev–Trinajstić information content (AvgIpc) is 2.27. The predicted octanol–water partition coefficient (Wildman–Crippen LogP) is 2.64. The molecule has 3 nitrogen and oxygen atoms in total. The van der Waals surface area contributed by atoms with Gasteiger partial charge in [-0.15, -0.1) is 0 Å². The zero-order valence-electron chi connectivity index (χ0n) is 12.9. The molecule has 0 aromatic heterocycles. The van der Waals surface area contributed by atoms with Gasteiger partial charge in [-0.05, 0) is 44.0 Å². The molecule has 0 fully saturated rings. The van der Waals surface area contributed by atoms with E-state index in [1.807, 2.05) is 20.9 Å². The van der Waals surface area contributed by atoms with Crippen molar-refractivity contribution in [3.63, 3.8) is 0 Å².